The van der Waals surface area contributed by atoms with Gasteiger partial charge in [-0.05, 0) is 90.1 Å². The van der Waals surface area contributed by atoms with E-state index in [0.29, 0.717) is 16.2 Å². The number of hydrogen-bond donors (Lipinski definition) is 2. The average molecular weight is 510 g/mol. The molecule has 6 heteroatoms. The van der Waals surface area contributed by atoms with E-state index in [1.807, 2.05) is 49.4 Å². The van der Waals surface area contributed by atoms with Crippen LogP contribution in [0.4, 0.5) is 0 Å². The molecule has 3 N–H and O–H groups in total. The summed E-state index contributed by atoms with van der Waals surface area (Å²) in [7, 11) is -3.29. The zero-order valence-electron chi connectivity index (χ0n) is 22.0. The first-order valence-electron chi connectivity index (χ1n) is 12.7. The molecule has 0 saturated heterocycles. The van der Waals surface area contributed by atoms with Gasteiger partial charge in [0, 0.05) is 11.8 Å². The zero-order chi connectivity index (χ0) is 26.3. The van der Waals surface area contributed by atoms with Crippen LogP contribution in [0.25, 0.3) is 21.9 Å². The third-order valence-corrected chi connectivity index (χ3v) is 8.86. The first-order valence-corrected chi connectivity index (χ1v) is 14.6. The van der Waals surface area contributed by atoms with Crippen LogP contribution >= 0.6 is 0 Å². The van der Waals surface area contributed by atoms with E-state index in [2.05, 4.69) is 20.8 Å². The van der Waals surface area contributed by atoms with Gasteiger partial charge >= 0.3 is 0 Å². The molecule has 3 aromatic rings. The van der Waals surface area contributed by atoms with Gasteiger partial charge in [0.15, 0.2) is 9.84 Å². The van der Waals surface area contributed by atoms with Crippen molar-refractivity contribution in [3.63, 3.8) is 0 Å². The Balaban J connectivity index is 1.76. The number of ether oxygens (including phenoxy) is 1. The summed E-state index contributed by atoms with van der Waals surface area (Å²) in [6.45, 7) is 8.61. The first kappa shape index (κ1) is 26.6. The minimum absolute atomic E-state index is 0.149. The summed E-state index contributed by atoms with van der Waals surface area (Å²) in [4.78, 5) is 0.290. The number of rotatable bonds is 6. The van der Waals surface area contributed by atoms with Crippen molar-refractivity contribution >= 4 is 20.6 Å². The molecule has 1 saturated carbocycles. The molecule has 0 heterocycles. The van der Waals surface area contributed by atoms with E-state index in [9.17, 15) is 13.5 Å². The van der Waals surface area contributed by atoms with Gasteiger partial charge in [-0.2, -0.15) is 0 Å². The van der Waals surface area contributed by atoms with Crippen molar-refractivity contribution in [3.05, 3.63) is 60.2 Å². The first-order chi connectivity index (χ1) is 16.8. The highest BCUT2D eigenvalue weighted by Crippen LogP contribution is 2.42. The SMILES string of the molecule is CC(C)(C)[C@H]1CC[C@H](Oc2ccc3cc([C@@](C)(N)CO)ccc3c2-c2ccc(S(C)(=O)=O)cc2)CC1. The molecule has 0 unspecified atom stereocenters. The third kappa shape index (κ3) is 5.61. The van der Waals surface area contributed by atoms with E-state index < -0.39 is 15.4 Å². The fraction of sp³-hybridized carbons (Fsp3) is 0.467. The standard InChI is InChI=1S/C30H39NO4S/c1-29(2,3)22-9-12-24(13-10-22)35-27-17-8-21-18-23(30(4,31)19-32)11-16-26(21)28(27)20-6-14-25(15-7-20)36(5,33)34/h6-8,11,14-18,22,24,32H,9-10,12-13,19,31H2,1-5H3/t22-,24-,30-/m0/s1. The molecule has 1 aliphatic carbocycles. The lowest BCUT2D eigenvalue weighted by Crippen LogP contribution is -2.36. The van der Waals surface area contributed by atoms with E-state index in [1.165, 1.54) is 6.26 Å². The van der Waals surface area contributed by atoms with Gasteiger partial charge in [0.25, 0.3) is 0 Å². The minimum Gasteiger partial charge on any atom is -0.490 e. The van der Waals surface area contributed by atoms with Crippen LogP contribution in [0.3, 0.4) is 0 Å². The highest BCUT2D eigenvalue weighted by Gasteiger charge is 2.31. The molecule has 0 aliphatic heterocycles. The van der Waals surface area contributed by atoms with Crippen molar-refractivity contribution in [1.82, 2.24) is 0 Å². The average Bonchev–Trinajstić information content (AvgIpc) is 2.83. The Kier molecular flexibility index (Phi) is 7.26. The van der Waals surface area contributed by atoms with Crippen LogP contribution in [-0.4, -0.2) is 32.5 Å². The number of sulfone groups is 1. The highest BCUT2D eigenvalue weighted by molar-refractivity contribution is 7.90. The smallest absolute Gasteiger partial charge is 0.175 e. The quantitative estimate of drug-likeness (QED) is 0.422. The molecule has 3 aromatic carbocycles. The number of aliphatic hydroxyl groups is 1. The Bertz CT molecular complexity index is 1330. The van der Waals surface area contributed by atoms with Gasteiger partial charge in [0.05, 0.1) is 23.1 Å². The molecule has 4 rings (SSSR count). The fourth-order valence-electron chi connectivity index (χ4n) is 5.25. The Morgan fingerprint density at radius 1 is 0.944 bits per heavy atom. The maximum absolute atomic E-state index is 12.0. The molecule has 0 spiro atoms. The number of hydrogen-bond acceptors (Lipinski definition) is 5. The van der Waals surface area contributed by atoms with Gasteiger partial charge in [0.2, 0.25) is 0 Å². The van der Waals surface area contributed by atoms with Crippen molar-refractivity contribution in [3.8, 4) is 16.9 Å². The molecule has 0 radical (unpaired) electrons. The second-order valence-electron chi connectivity index (χ2n) is 11.7. The second kappa shape index (κ2) is 9.81. The van der Waals surface area contributed by atoms with Crippen molar-refractivity contribution in [2.45, 2.75) is 69.9 Å². The van der Waals surface area contributed by atoms with Crippen LogP contribution in [0.5, 0.6) is 5.75 Å². The predicted octanol–water partition coefficient (Wildman–Crippen LogP) is 6.06. The van der Waals surface area contributed by atoms with Crippen molar-refractivity contribution in [2.75, 3.05) is 12.9 Å². The summed E-state index contributed by atoms with van der Waals surface area (Å²) in [6, 6.07) is 17.0. The summed E-state index contributed by atoms with van der Waals surface area (Å²) in [5, 5.41) is 11.7. The molecular weight excluding hydrogens is 470 g/mol. The maximum Gasteiger partial charge on any atom is 0.175 e. The zero-order valence-corrected chi connectivity index (χ0v) is 22.9. The third-order valence-electron chi connectivity index (χ3n) is 7.73. The van der Waals surface area contributed by atoms with E-state index in [-0.39, 0.29) is 12.7 Å². The van der Waals surface area contributed by atoms with Crippen LogP contribution in [0.15, 0.2) is 59.5 Å². The number of aliphatic hydroxyl groups excluding tert-OH is 1. The van der Waals surface area contributed by atoms with Gasteiger partial charge in [-0.3, -0.25) is 0 Å². The van der Waals surface area contributed by atoms with Crippen LogP contribution in [0.1, 0.15) is 58.9 Å². The van der Waals surface area contributed by atoms with Gasteiger partial charge in [-0.15, -0.1) is 0 Å². The molecule has 194 valence electrons. The normalized spacial score (nSPS) is 20.8. The fourth-order valence-corrected chi connectivity index (χ4v) is 5.88. The Morgan fingerprint density at radius 3 is 2.14 bits per heavy atom. The summed E-state index contributed by atoms with van der Waals surface area (Å²) >= 11 is 0. The molecular formula is C30H39NO4S. The van der Waals surface area contributed by atoms with Crippen LogP contribution in [0, 0.1) is 11.3 Å². The van der Waals surface area contributed by atoms with Crippen LogP contribution < -0.4 is 10.5 Å². The van der Waals surface area contributed by atoms with Crippen molar-refractivity contribution < 1.29 is 18.3 Å². The van der Waals surface area contributed by atoms with Crippen molar-refractivity contribution in [2.24, 2.45) is 17.1 Å². The monoisotopic (exact) mass is 509 g/mol. The lowest BCUT2D eigenvalue weighted by atomic mass is 9.72. The molecule has 0 bridgehead atoms. The lowest BCUT2D eigenvalue weighted by Gasteiger charge is -2.37. The molecule has 0 aromatic heterocycles. The van der Waals surface area contributed by atoms with E-state index >= 15 is 0 Å². The number of nitrogens with two attached hydrogens (primary N) is 1. The number of fused-ring (bicyclic) bond motifs is 1. The molecule has 5 nitrogen and oxygen atoms in total. The largest absolute Gasteiger partial charge is 0.490 e. The molecule has 1 atom stereocenters. The minimum atomic E-state index is -3.29. The summed E-state index contributed by atoms with van der Waals surface area (Å²) < 4.78 is 30.7. The van der Waals surface area contributed by atoms with Gasteiger partial charge in [0.1, 0.15) is 5.75 Å². The molecule has 1 fully saturated rings. The van der Waals surface area contributed by atoms with Gasteiger partial charge in [-0.25, -0.2) is 8.42 Å². The maximum atomic E-state index is 12.0. The predicted molar refractivity (Wildman–Crippen MR) is 147 cm³/mol. The summed E-state index contributed by atoms with van der Waals surface area (Å²) in [6.07, 6.45) is 5.71. The Hall–Kier alpha value is -2.41. The highest BCUT2D eigenvalue weighted by atomic mass is 32.2. The summed E-state index contributed by atoms with van der Waals surface area (Å²) in [5.74, 6) is 1.51. The van der Waals surface area contributed by atoms with Crippen LogP contribution in [0.2, 0.25) is 0 Å². The van der Waals surface area contributed by atoms with Crippen LogP contribution in [-0.2, 0) is 15.4 Å². The number of benzene rings is 3. The topological polar surface area (TPSA) is 89.6 Å². The molecule has 1 aliphatic rings. The van der Waals surface area contributed by atoms with E-state index in [0.717, 1.165) is 58.9 Å². The van der Waals surface area contributed by atoms with Crippen molar-refractivity contribution in [1.29, 1.82) is 0 Å². The molecule has 36 heavy (non-hydrogen) atoms. The Morgan fingerprint density at radius 2 is 1.58 bits per heavy atom. The van der Waals surface area contributed by atoms with E-state index in [1.54, 1.807) is 12.1 Å². The second-order valence-corrected chi connectivity index (χ2v) is 13.7. The lowest BCUT2D eigenvalue weighted by molar-refractivity contribution is 0.0887. The van der Waals surface area contributed by atoms with Gasteiger partial charge < -0.3 is 15.6 Å². The molecule has 0 amide bonds. The van der Waals surface area contributed by atoms with E-state index in [4.69, 9.17) is 10.5 Å². The Labute approximate surface area is 215 Å². The summed E-state index contributed by atoms with van der Waals surface area (Å²) in [5.41, 5.74) is 8.46. The van der Waals surface area contributed by atoms with Gasteiger partial charge in [-0.1, -0.05) is 51.1 Å².